The van der Waals surface area contributed by atoms with Gasteiger partial charge in [-0.25, -0.2) is 4.79 Å². The molecule has 21 heavy (non-hydrogen) atoms. The van der Waals surface area contributed by atoms with Crippen LogP contribution in [0.1, 0.15) is 26.3 Å². The van der Waals surface area contributed by atoms with Crippen LogP contribution in [0, 0.1) is 0 Å². The van der Waals surface area contributed by atoms with Gasteiger partial charge in [0, 0.05) is 25.8 Å². The maximum atomic E-state index is 12.1. The Morgan fingerprint density at radius 2 is 2.24 bits per heavy atom. The summed E-state index contributed by atoms with van der Waals surface area (Å²) in [7, 11) is 1.66. The number of likely N-dealkylation sites (tertiary alicyclic amines) is 1. The van der Waals surface area contributed by atoms with E-state index in [0.29, 0.717) is 19.6 Å². The van der Waals surface area contributed by atoms with Crippen molar-refractivity contribution in [3.63, 3.8) is 0 Å². The molecule has 1 N–H and O–H groups in total. The Labute approximate surface area is 125 Å². The molecule has 1 aromatic rings. The second-order valence-electron chi connectivity index (χ2n) is 6.28. The Morgan fingerprint density at radius 1 is 1.48 bits per heavy atom. The lowest BCUT2D eigenvalue weighted by Crippen LogP contribution is -2.40. The first-order valence-electron chi connectivity index (χ1n) is 7.14. The largest absolute Gasteiger partial charge is 0.472 e. The Bertz CT molecular complexity index is 453. The summed E-state index contributed by atoms with van der Waals surface area (Å²) in [5.74, 6) is 0. The number of methoxy groups -OCH3 is 1. The van der Waals surface area contributed by atoms with Gasteiger partial charge in [0.1, 0.15) is 5.60 Å². The maximum Gasteiger partial charge on any atom is 0.410 e. The Morgan fingerprint density at radius 3 is 2.81 bits per heavy atom. The van der Waals surface area contributed by atoms with Crippen LogP contribution < -0.4 is 5.32 Å². The van der Waals surface area contributed by atoms with Gasteiger partial charge in [0.2, 0.25) is 0 Å². The van der Waals surface area contributed by atoms with Gasteiger partial charge in [-0.15, -0.1) is 0 Å². The highest BCUT2D eigenvalue weighted by atomic mass is 16.6. The standard InChI is InChI=1S/C15H24N2O4/c1-15(2,3)21-14(18)17-8-12(13(9-17)19-4)16-7-11-5-6-20-10-11/h5-6,10,12-13,16H,7-9H2,1-4H3/t12?,13-/m0/s1. The lowest BCUT2D eigenvalue weighted by molar-refractivity contribution is 0.0252. The number of furan rings is 1. The maximum absolute atomic E-state index is 12.1. The van der Waals surface area contributed by atoms with Crippen molar-refractivity contribution in [1.82, 2.24) is 10.2 Å². The fourth-order valence-corrected chi connectivity index (χ4v) is 2.33. The number of carbonyl (C=O) groups is 1. The predicted octanol–water partition coefficient (Wildman–Crippen LogP) is 2.00. The molecular weight excluding hydrogens is 272 g/mol. The number of amides is 1. The molecule has 0 saturated carbocycles. The zero-order valence-corrected chi connectivity index (χ0v) is 13.1. The molecule has 0 bridgehead atoms. The molecule has 2 heterocycles. The van der Waals surface area contributed by atoms with Gasteiger partial charge in [-0.05, 0) is 26.8 Å². The Balaban J connectivity index is 1.89. The summed E-state index contributed by atoms with van der Waals surface area (Å²) in [6.45, 7) is 7.39. The minimum atomic E-state index is -0.484. The van der Waals surface area contributed by atoms with Crippen LogP contribution in [0.4, 0.5) is 4.79 Å². The van der Waals surface area contributed by atoms with Gasteiger partial charge in [-0.2, -0.15) is 0 Å². The summed E-state index contributed by atoms with van der Waals surface area (Å²) < 4.78 is 15.9. The van der Waals surface area contributed by atoms with E-state index in [1.807, 2.05) is 26.8 Å². The third-order valence-corrected chi connectivity index (χ3v) is 3.37. The molecule has 1 aromatic heterocycles. The Hall–Kier alpha value is -1.53. The van der Waals surface area contributed by atoms with Gasteiger partial charge in [0.15, 0.2) is 0 Å². The van der Waals surface area contributed by atoms with Crippen molar-refractivity contribution in [2.75, 3.05) is 20.2 Å². The number of hydrogen-bond acceptors (Lipinski definition) is 5. The first-order valence-corrected chi connectivity index (χ1v) is 7.14. The van der Waals surface area contributed by atoms with Crippen molar-refractivity contribution in [2.45, 2.75) is 45.1 Å². The van der Waals surface area contributed by atoms with E-state index in [1.165, 1.54) is 0 Å². The van der Waals surface area contributed by atoms with E-state index >= 15 is 0 Å². The van der Waals surface area contributed by atoms with Crippen LogP contribution in [-0.2, 0) is 16.0 Å². The van der Waals surface area contributed by atoms with Gasteiger partial charge in [0.25, 0.3) is 0 Å². The summed E-state index contributed by atoms with van der Waals surface area (Å²) in [5, 5.41) is 3.40. The normalized spacial score (nSPS) is 22.6. The summed E-state index contributed by atoms with van der Waals surface area (Å²) in [5.41, 5.74) is 0.586. The lowest BCUT2D eigenvalue weighted by atomic mass is 10.2. The van der Waals surface area contributed by atoms with E-state index < -0.39 is 5.60 Å². The van der Waals surface area contributed by atoms with E-state index in [4.69, 9.17) is 13.9 Å². The van der Waals surface area contributed by atoms with Gasteiger partial charge in [-0.1, -0.05) is 0 Å². The molecule has 1 fully saturated rings. The van der Waals surface area contributed by atoms with Crippen LogP contribution in [0.25, 0.3) is 0 Å². The van der Waals surface area contributed by atoms with Crippen molar-refractivity contribution in [3.05, 3.63) is 24.2 Å². The van der Waals surface area contributed by atoms with Crippen molar-refractivity contribution in [2.24, 2.45) is 0 Å². The molecule has 0 spiro atoms. The number of ether oxygens (including phenoxy) is 2. The molecule has 1 aliphatic heterocycles. The monoisotopic (exact) mass is 296 g/mol. The SMILES string of the molecule is CO[C@H]1CN(C(=O)OC(C)(C)C)CC1NCc1ccoc1. The third kappa shape index (κ3) is 4.47. The second-order valence-corrected chi connectivity index (χ2v) is 6.28. The molecule has 1 amide bonds. The van der Waals surface area contributed by atoms with Gasteiger partial charge < -0.3 is 24.1 Å². The van der Waals surface area contributed by atoms with E-state index in [2.05, 4.69) is 5.32 Å². The number of carbonyl (C=O) groups excluding carboxylic acids is 1. The molecule has 1 unspecified atom stereocenters. The van der Waals surface area contributed by atoms with Gasteiger partial charge in [0.05, 0.1) is 31.2 Å². The molecule has 0 aliphatic carbocycles. The minimum Gasteiger partial charge on any atom is -0.472 e. The van der Waals surface area contributed by atoms with Crippen molar-refractivity contribution < 1.29 is 18.7 Å². The van der Waals surface area contributed by atoms with Crippen LogP contribution in [0.5, 0.6) is 0 Å². The van der Waals surface area contributed by atoms with Crippen molar-refractivity contribution in [1.29, 1.82) is 0 Å². The van der Waals surface area contributed by atoms with E-state index in [-0.39, 0.29) is 18.2 Å². The quantitative estimate of drug-likeness (QED) is 0.920. The topological polar surface area (TPSA) is 63.9 Å². The molecule has 1 aliphatic rings. The highest BCUT2D eigenvalue weighted by Crippen LogP contribution is 2.18. The summed E-state index contributed by atoms with van der Waals surface area (Å²) in [6.07, 6.45) is 3.02. The second kappa shape index (κ2) is 6.49. The van der Waals surface area contributed by atoms with Crippen molar-refractivity contribution >= 4 is 6.09 Å². The average molecular weight is 296 g/mol. The fourth-order valence-electron chi connectivity index (χ4n) is 2.33. The first-order chi connectivity index (χ1) is 9.89. The van der Waals surface area contributed by atoms with Crippen LogP contribution in [-0.4, -0.2) is 48.9 Å². The zero-order chi connectivity index (χ0) is 15.5. The van der Waals surface area contributed by atoms with E-state index in [0.717, 1.165) is 5.56 Å². The minimum absolute atomic E-state index is 0.0376. The molecule has 1 saturated heterocycles. The van der Waals surface area contributed by atoms with E-state index in [9.17, 15) is 4.79 Å². The molecule has 6 nitrogen and oxygen atoms in total. The number of hydrogen-bond donors (Lipinski definition) is 1. The highest BCUT2D eigenvalue weighted by Gasteiger charge is 2.37. The molecule has 118 valence electrons. The third-order valence-electron chi connectivity index (χ3n) is 3.37. The number of nitrogens with zero attached hydrogens (tertiary/aromatic N) is 1. The molecule has 2 rings (SSSR count). The highest BCUT2D eigenvalue weighted by molar-refractivity contribution is 5.68. The molecule has 0 radical (unpaired) electrons. The number of rotatable bonds is 4. The summed E-state index contributed by atoms with van der Waals surface area (Å²) in [6, 6.07) is 1.99. The van der Waals surface area contributed by atoms with Crippen LogP contribution in [0.3, 0.4) is 0 Å². The van der Waals surface area contributed by atoms with Crippen LogP contribution in [0.2, 0.25) is 0 Å². The molecular formula is C15H24N2O4. The first kappa shape index (κ1) is 15.9. The number of nitrogens with one attached hydrogen (secondary N) is 1. The average Bonchev–Trinajstić information content (AvgIpc) is 3.03. The van der Waals surface area contributed by atoms with Gasteiger partial charge in [-0.3, -0.25) is 0 Å². The Kier molecular flexibility index (Phi) is 4.90. The molecule has 0 aromatic carbocycles. The van der Waals surface area contributed by atoms with Gasteiger partial charge >= 0.3 is 6.09 Å². The molecule has 2 atom stereocenters. The van der Waals surface area contributed by atoms with Crippen LogP contribution >= 0.6 is 0 Å². The van der Waals surface area contributed by atoms with Crippen molar-refractivity contribution in [3.8, 4) is 0 Å². The summed E-state index contributed by atoms with van der Waals surface area (Å²) >= 11 is 0. The fraction of sp³-hybridized carbons (Fsp3) is 0.667. The summed E-state index contributed by atoms with van der Waals surface area (Å²) in [4.78, 5) is 13.8. The van der Waals surface area contributed by atoms with E-state index in [1.54, 1.807) is 24.5 Å². The zero-order valence-electron chi connectivity index (χ0n) is 13.1. The van der Waals surface area contributed by atoms with Crippen LogP contribution in [0.15, 0.2) is 23.0 Å². The molecule has 6 heteroatoms. The predicted molar refractivity (Wildman–Crippen MR) is 77.9 cm³/mol. The lowest BCUT2D eigenvalue weighted by Gasteiger charge is -2.24. The smallest absolute Gasteiger partial charge is 0.410 e.